The Morgan fingerprint density at radius 3 is 2.91 bits per heavy atom. The maximum Gasteiger partial charge on any atom is 0.132 e. The molecule has 0 aromatic carbocycles. The molecule has 1 atom stereocenters. The molecule has 1 aromatic heterocycles. The van der Waals surface area contributed by atoms with Crippen LogP contribution in [0.4, 0.5) is 0 Å². The Balaban J connectivity index is 2.50. The Labute approximate surface area is 71.1 Å². The molecule has 1 nitrogen and oxygen atoms in total. The Hall–Kier alpha value is -0.630. The van der Waals surface area contributed by atoms with Gasteiger partial charge in [0.2, 0.25) is 0 Å². The molecule has 0 saturated heterocycles. The standard InChI is InChI=1S/C9H12OS/c1-7(8(2)10)5-9-3-4-11-6-9/h3-4,6-7H,5H2,1-2H3. The summed E-state index contributed by atoms with van der Waals surface area (Å²) in [6, 6.07) is 2.07. The average molecular weight is 168 g/mol. The van der Waals surface area contributed by atoms with Crippen LogP contribution < -0.4 is 0 Å². The van der Waals surface area contributed by atoms with E-state index in [1.807, 2.05) is 12.3 Å². The van der Waals surface area contributed by atoms with E-state index in [9.17, 15) is 4.79 Å². The van der Waals surface area contributed by atoms with Crippen molar-refractivity contribution in [2.45, 2.75) is 20.3 Å². The van der Waals surface area contributed by atoms with E-state index in [0.717, 1.165) is 6.42 Å². The first kappa shape index (κ1) is 8.47. The summed E-state index contributed by atoms with van der Waals surface area (Å²) in [5.41, 5.74) is 1.28. The molecule has 0 bridgehead atoms. The van der Waals surface area contributed by atoms with E-state index in [0.29, 0.717) is 0 Å². The number of Topliss-reactive ketones (excluding diaryl/α,β-unsaturated/α-hetero) is 1. The third-order valence-electron chi connectivity index (χ3n) is 1.82. The number of hydrogen-bond donors (Lipinski definition) is 0. The molecule has 0 aliphatic heterocycles. The van der Waals surface area contributed by atoms with E-state index in [1.165, 1.54) is 5.56 Å². The monoisotopic (exact) mass is 168 g/mol. The molecule has 0 aliphatic carbocycles. The van der Waals surface area contributed by atoms with Crippen molar-refractivity contribution < 1.29 is 4.79 Å². The van der Waals surface area contributed by atoms with Gasteiger partial charge in [-0.15, -0.1) is 0 Å². The third-order valence-corrected chi connectivity index (χ3v) is 2.55. The quantitative estimate of drug-likeness (QED) is 0.677. The zero-order chi connectivity index (χ0) is 8.27. The van der Waals surface area contributed by atoms with Gasteiger partial charge in [-0.05, 0) is 35.7 Å². The van der Waals surface area contributed by atoms with Gasteiger partial charge in [-0.1, -0.05) is 6.92 Å². The Morgan fingerprint density at radius 2 is 2.45 bits per heavy atom. The van der Waals surface area contributed by atoms with Crippen molar-refractivity contribution in [1.29, 1.82) is 0 Å². The molecule has 1 unspecified atom stereocenters. The summed E-state index contributed by atoms with van der Waals surface area (Å²) in [4.78, 5) is 10.9. The molecule has 11 heavy (non-hydrogen) atoms. The van der Waals surface area contributed by atoms with Crippen LogP contribution in [0.5, 0.6) is 0 Å². The average Bonchev–Trinajstić information content (AvgIpc) is 2.39. The molecule has 60 valence electrons. The van der Waals surface area contributed by atoms with Crippen molar-refractivity contribution in [1.82, 2.24) is 0 Å². The topological polar surface area (TPSA) is 17.1 Å². The molecule has 1 heterocycles. The maximum atomic E-state index is 10.9. The molecular weight excluding hydrogens is 156 g/mol. The van der Waals surface area contributed by atoms with Gasteiger partial charge in [0.1, 0.15) is 5.78 Å². The molecule has 0 radical (unpaired) electrons. The van der Waals surface area contributed by atoms with Crippen LogP contribution in [0.1, 0.15) is 19.4 Å². The van der Waals surface area contributed by atoms with Gasteiger partial charge < -0.3 is 0 Å². The van der Waals surface area contributed by atoms with Crippen LogP contribution in [-0.4, -0.2) is 5.78 Å². The zero-order valence-electron chi connectivity index (χ0n) is 6.83. The number of hydrogen-bond acceptors (Lipinski definition) is 2. The summed E-state index contributed by atoms with van der Waals surface area (Å²) in [6.45, 7) is 3.62. The third kappa shape index (κ3) is 2.46. The van der Waals surface area contributed by atoms with Gasteiger partial charge in [-0.25, -0.2) is 0 Å². The van der Waals surface area contributed by atoms with Crippen molar-refractivity contribution in [3.05, 3.63) is 22.4 Å². The van der Waals surface area contributed by atoms with Gasteiger partial charge in [0.15, 0.2) is 0 Å². The first-order valence-electron chi connectivity index (χ1n) is 3.71. The summed E-state index contributed by atoms with van der Waals surface area (Å²) >= 11 is 1.68. The highest BCUT2D eigenvalue weighted by Gasteiger charge is 2.07. The van der Waals surface area contributed by atoms with E-state index in [2.05, 4.69) is 11.4 Å². The number of ketones is 1. The summed E-state index contributed by atoms with van der Waals surface area (Å²) < 4.78 is 0. The number of rotatable bonds is 3. The summed E-state index contributed by atoms with van der Waals surface area (Å²) in [5.74, 6) is 0.445. The van der Waals surface area contributed by atoms with Crippen LogP contribution in [-0.2, 0) is 11.2 Å². The minimum absolute atomic E-state index is 0.171. The van der Waals surface area contributed by atoms with Crippen molar-refractivity contribution in [2.24, 2.45) is 5.92 Å². The first-order valence-corrected chi connectivity index (χ1v) is 4.66. The molecule has 2 heteroatoms. The van der Waals surface area contributed by atoms with Crippen LogP contribution in [0.2, 0.25) is 0 Å². The predicted molar refractivity (Wildman–Crippen MR) is 47.9 cm³/mol. The van der Waals surface area contributed by atoms with Crippen molar-refractivity contribution >= 4 is 17.1 Å². The van der Waals surface area contributed by atoms with E-state index < -0.39 is 0 Å². The van der Waals surface area contributed by atoms with Crippen LogP contribution in [0.25, 0.3) is 0 Å². The SMILES string of the molecule is CC(=O)C(C)Cc1ccsc1. The predicted octanol–water partition coefficient (Wildman–Crippen LogP) is 2.52. The lowest BCUT2D eigenvalue weighted by molar-refractivity contribution is -0.120. The minimum atomic E-state index is 0.171. The van der Waals surface area contributed by atoms with Gasteiger partial charge in [0, 0.05) is 5.92 Å². The van der Waals surface area contributed by atoms with Crippen molar-refractivity contribution in [3.8, 4) is 0 Å². The number of thiophene rings is 1. The molecular formula is C9H12OS. The van der Waals surface area contributed by atoms with Crippen LogP contribution in [0, 0.1) is 5.92 Å². The molecule has 0 saturated carbocycles. The highest BCUT2D eigenvalue weighted by atomic mass is 32.1. The lowest BCUT2D eigenvalue weighted by atomic mass is 10.0. The summed E-state index contributed by atoms with van der Waals surface area (Å²) in [6.07, 6.45) is 0.888. The van der Waals surface area contributed by atoms with Gasteiger partial charge >= 0.3 is 0 Å². The van der Waals surface area contributed by atoms with Crippen LogP contribution >= 0.6 is 11.3 Å². The zero-order valence-corrected chi connectivity index (χ0v) is 7.65. The summed E-state index contributed by atoms with van der Waals surface area (Å²) in [5, 5.41) is 4.14. The molecule has 0 fully saturated rings. The fraction of sp³-hybridized carbons (Fsp3) is 0.444. The van der Waals surface area contributed by atoms with Crippen LogP contribution in [0.3, 0.4) is 0 Å². The summed E-state index contributed by atoms with van der Waals surface area (Å²) in [7, 11) is 0. The Bertz CT molecular complexity index is 226. The molecule has 0 spiro atoms. The smallest absolute Gasteiger partial charge is 0.132 e. The molecule has 1 aromatic rings. The second-order valence-corrected chi connectivity index (χ2v) is 3.63. The van der Waals surface area contributed by atoms with E-state index in [1.54, 1.807) is 18.3 Å². The second kappa shape index (κ2) is 3.67. The first-order chi connectivity index (χ1) is 5.20. The molecule has 1 rings (SSSR count). The second-order valence-electron chi connectivity index (χ2n) is 2.85. The number of carbonyl (C=O) groups excluding carboxylic acids is 1. The highest BCUT2D eigenvalue weighted by molar-refractivity contribution is 7.07. The maximum absolute atomic E-state index is 10.9. The van der Waals surface area contributed by atoms with Gasteiger partial charge in [-0.2, -0.15) is 11.3 Å². The molecule has 0 N–H and O–H groups in total. The lowest BCUT2D eigenvalue weighted by Gasteiger charge is -2.03. The normalized spacial score (nSPS) is 12.9. The fourth-order valence-corrected chi connectivity index (χ4v) is 1.59. The molecule has 0 aliphatic rings. The van der Waals surface area contributed by atoms with E-state index in [-0.39, 0.29) is 11.7 Å². The van der Waals surface area contributed by atoms with Crippen molar-refractivity contribution in [2.75, 3.05) is 0 Å². The lowest BCUT2D eigenvalue weighted by Crippen LogP contribution is -2.08. The number of carbonyl (C=O) groups is 1. The largest absolute Gasteiger partial charge is 0.300 e. The highest BCUT2D eigenvalue weighted by Crippen LogP contribution is 2.12. The van der Waals surface area contributed by atoms with Gasteiger partial charge in [0.05, 0.1) is 0 Å². The van der Waals surface area contributed by atoms with Gasteiger partial charge in [0.25, 0.3) is 0 Å². The Kier molecular flexibility index (Phi) is 2.83. The minimum Gasteiger partial charge on any atom is -0.300 e. The van der Waals surface area contributed by atoms with Crippen LogP contribution in [0.15, 0.2) is 16.8 Å². The molecule has 0 amide bonds. The van der Waals surface area contributed by atoms with Gasteiger partial charge in [-0.3, -0.25) is 4.79 Å². The van der Waals surface area contributed by atoms with Crippen molar-refractivity contribution in [3.63, 3.8) is 0 Å². The van der Waals surface area contributed by atoms with E-state index >= 15 is 0 Å². The van der Waals surface area contributed by atoms with E-state index in [4.69, 9.17) is 0 Å². The Morgan fingerprint density at radius 1 is 1.73 bits per heavy atom. The fourth-order valence-electron chi connectivity index (χ4n) is 0.906.